The van der Waals surface area contributed by atoms with Crippen LogP contribution in [0, 0.1) is 0 Å². The van der Waals surface area contributed by atoms with E-state index in [2.05, 4.69) is 5.09 Å². The number of hydrogen-bond acceptors (Lipinski definition) is 5. The molecule has 9 heteroatoms. The molecule has 0 heterocycles. The molecule has 88 valence electrons. The van der Waals surface area contributed by atoms with Crippen molar-refractivity contribution >= 4 is 51.7 Å². The number of carbonyl (C=O) groups is 1. The molecule has 0 rings (SSSR count). The van der Waals surface area contributed by atoms with Gasteiger partial charge in [-0.3, -0.25) is 9.88 Å². The van der Waals surface area contributed by atoms with Gasteiger partial charge in [0, 0.05) is 6.16 Å². The van der Waals surface area contributed by atoms with Crippen molar-refractivity contribution in [3.63, 3.8) is 0 Å². The molecule has 0 spiro atoms. The van der Waals surface area contributed by atoms with Gasteiger partial charge in [0.1, 0.15) is 14.0 Å². The zero-order valence-corrected chi connectivity index (χ0v) is 8.38. The fourth-order valence-corrected chi connectivity index (χ4v) is 2.00. The quantitative estimate of drug-likeness (QED) is 0.245. The average Bonchev–Trinajstić information content (AvgIpc) is 2.13. The van der Waals surface area contributed by atoms with Crippen LogP contribution in [-0.4, -0.2) is 95.7 Å². The SMILES string of the molecule is O=C(O)C(CO)N[PH](=O)CC(O)CO.[CaH2]. The zero-order valence-electron chi connectivity index (χ0n) is 7.38. The number of hydrogen-bond donors (Lipinski definition) is 5. The van der Waals surface area contributed by atoms with Gasteiger partial charge in [0.15, 0.2) is 0 Å². The minimum absolute atomic E-state index is 0. The third kappa shape index (κ3) is 8.59. The summed E-state index contributed by atoms with van der Waals surface area (Å²) in [6.07, 6.45) is -1.35. The molecule has 0 aliphatic carbocycles. The third-order valence-electron chi connectivity index (χ3n) is 1.45. The normalized spacial score (nSPS) is 16.2. The molecule has 0 bridgehead atoms. The summed E-state index contributed by atoms with van der Waals surface area (Å²) in [6, 6.07) is -1.30. The van der Waals surface area contributed by atoms with Crippen LogP contribution < -0.4 is 5.09 Å². The predicted octanol–water partition coefficient (Wildman–Crippen LogP) is -3.07. The van der Waals surface area contributed by atoms with Crippen molar-refractivity contribution in [2.24, 2.45) is 0 Å². The van der Waals surface area contributed by atoms with Gasteiger partial charge in [-0.25, -0.2) is 0 Å². The van der Waals surface area contributed by atoms with Crippen LogP contribution >= 0.6 is 7.95 Å². The zero-order chi connectivity index (χ0) is 11.1. The van der Waals surface area contributed by atoms with E-state index in [-0.39, 0.29) is 43.9 Å². The van der Waals surface area contributed by atoms with Crippen molar-refractivity contribution in [1.29, 1.82) is 0 Å². The first-order valence-electron chi connectivity index (χ1n) is 3.93. The Bertz CT molecular complexity index is 216. The van der Waals surface area contributed by atoms with Crippen molar-refractivity contribution in [1.82, 2.24) is 5.09 Å². The fourth-order valence-electron chi connectivity index (χ4n) is 0.717. The van der Waals surface area contributed by atoms with Crippen molar-refractivity contribution in [3.8, 4) is 0 Å². The van der Waals surface area contributed by atoms with Crippen molar-refractivity contribution in [2.45, 2.75) is 12.1 Å². The Morgan fingerprint density at radius 3 is 2.20 bits per heavy atom. The number of carboxylic acid groups (broad SMARTS) is 1. The molecule has 3 atom stereocenters. The van der Waals surface area contributed by atoms with Gasteiger partial charge >= 0.3 is 43.7 Å². The second-order valence-corrected chi connectivity index (χ2v) is 4.22. The first kappa shape index (κ1) is 18.2. The monoisotopic (exact) mass is 269 g/mol. The summed E-state index contributed by atoms with van der Waals surface area (Å²) in [6.45, 7) is -1.21. The molecule has 0 aromatic heterocycles. The summed E-state index contributed by atoms with van der Waals surface area (Å²) >= 11 is 0. The number of aliphatic carboxylic acids is 1. The molecule has 0 saturated carbocycles. The van der Waals surface area contributed by atoms with Crippen LogP contribution in [0.25, 0.3) is 0 Å². The molecule has 0 aromatic carbocycles. The summed E-state index contributed by atoms with van der Waals surface area (Å²) < 4.78 is 11.1. The van der Waals surface area contributed by atoms with Gasteiger partial charge in [-0.2, -0.15) is 0 Å². The molecule has 0 fully saturated rings. The molecular weight excluding hydrogens is 253 g/mol. The Hall–Kier alpha value is 0.800. The second kappa shape index (κ2) is 9.99. The Morgan fingerprint density at radius 1 is 1.33 bits per heavy atom. The van der Waals surface area contributed by atoms with E-state index in [0.29, 0.717) is 0 Å². The van der Waals surface area contributed by atoms with Gasteiger partial charge in [0.2, 0.25) is 0 Å². The summed E-state index contributed by atoms with van der Waals surface area (Å²) in [7, 11) is -2.51. The van der Waals surface area contributed by atoms with Crippen molar-refractivity contribution in [3.05, 3.63) is 0 Å². The summed E-state index contributed by atoms with van der Waals surface area (Å²) in [5.74, 6) is -1.32. The van der Waals surface area contributed by atoms with Crippen LogP contribution in [-0.2, 0) is 9.36 Å². The van der Waals surface area contributed by atoms with Crippen LogP contribution in [0.5, 0.6) is 0 Å². The van der Waals surface area contributed by atoms with Crippen molar-refractivity contribution in [2.75, 3.05) is 19.4 Å². The van der Waals surface area contributed by atoms with Crippen LogP contribution in [0.3, 0.4) is 0 Å². The van der Waals surface area contributed by atoms with E-state index < -0.39 is 39.3 Å². The second-order valence-electron chi connectivity index (χ2n) is 2.68. The molecular formula is C6H16CaNO6P. The van der Waals surface area contributed by atoms with Crippen LogP contribution in [0.15, 0.2) is 0 Å². The van der Waals surface area contributed by atoms with Gasteiger partial charge in [-0.1, -0.05) is 0 Å². The molecule has 7 nitrogen and oxygen atoms in total. The van der Waals surface area contributed by atoms with E-state index in [1.54, 1.807) is 0 Å². The number of nitrogens with one attached hydrogen (secondary N) is 1. The molecule has 3 unspecified atom stereocenters. The van der Waals surface area contributed by atoms with Crippen molar-refractivity contribution < 1.29 is 29.8 Å². The number of rotatable bonds is 7. The molecule has 0 amide bonds. The number of aliphatic hydroxyl groups excluding tert-OH is 3. The first-order valence-corrected chi connectivity index (χ1v) is 5.54. The number of aliphatic hydroxyl groups is 3. The maximum atomic E-state index is 11.1. The minimum atomic E-state index is -2.51. The van der Waals surface area contributed by atoms with Gasteiger partial charge in [0.25, 0.3) is 0 Å². The Labute approximate surface area is 117 Å². The first-order chi connectivity index (χ1) is 6.51. The Morgan fingerprint density at radius 2 is 1.87 bits per heavy atom. The van der Waals surface area contributed by atoms with Gasteiger partial charge < -0.3 is 25.0 Å². The maximum absolute atomic E-state index is 11.1. The Kier molecular flexibility index (Phi) is 12.1. The van der Waals surface area contributed by atoms with E-state index in [1.807, 2.05) is 0 Å². The standard InChI is InChI=1S/C6H14NO6P.Ca.2H/c8-1-4(10)3-14(13)7-5(2-9)6(11)12;;;/h4-5,8-10,14H,1-3H2,(H,7,13)(H,11,12);;;. The van der Waals surface area contributed by atoms with Gasteiger partial charge in [-0.05, 0) is 0 Å². The van der Waals surface area contributed by atoms with Gasteiger partial charge in [0.05, 0.1) is 19.3 Å². The molecule has 0 aliphatic heterocycles. The van der Waals surface area contributed by atoms with Crippen LogP contribution in [0.1, 0.15) is 0 Å². The van der Waals surface area contributed by atoms with E-state index in [0.717, 1.165) is 0 Å². The molecule has 0 aliphatic rings. The topological polar surface area (TPSA) is 127 Å². The summed E-state index contributed by atoms with van der Waals surface area (Å²) in [5, 5.41) is 36.5. The van der Waals surface area contributed by atoms with E-state index in [9.17, 15) is 9.36 Å². The summed E-state index contributed by atoms with van der Waals surface area (Å²) in [5.41, 5.74) is 0. The fraction of sp³-hybridized carbons (Fsp3) is 0.833. The van der Waals surface area contributed by atoms with E-state index in [4.69, 9.17) is 20.4 Å². The third-order valence-corrected chi connectivity index (χ3v) is 2.96. The molecule has 0 saturated heterocycles. The van der Waals surface area contributed by atoms with E-state index >= 15 is 0 Å². The molecule has 0 aromatic rings. The number of carboxylic acids is 1. The average molecular weight is 269 g/mol. The van der Waals surface area contributed by atoms with Crippen LogP contribution in [0.2, 0.25) is 0 Å². The van der Waals surface area contributed by atoms with Crippen LogP contribution in [0.4, 0.5) is 0 Å². The summed E-state index contributed by atoms with van der Waals surface area (Å²) in [4.78, 5) is 10.4. The predicted molar refractivity (Wildman–Crippen MR) is 57.2 cm³/mol. The van der Waals surface area contributed by atoms with E-state index in [1.165, 1.54) is 0 Å². The molecule has 5 N–H and O–H groups in total. The molecule has 15 heavy (non-hydrogen) atoms. The Balaban J connectivity index is 0. The van der Waals surface area contributed by atoms with Gasteiger partial charge in [-0.15, -0.1) is 0 Å². The molecule has 0 radical (unpaired) electrons.